The first-order valence-corrected chi connectivity index (χ1v) is 4.94. The van der Waals surface area contributed by atoms with Crippen LogP contribution in [0.3, 0.4) is 0 Å². The van der Waals surface area contributed by atoms with E-state index >= 15 is 0 Å². The van der Waals surface area contributed by atoms with Crippen molar-refractivity contribution in [3.8, 4) is 0 Å². The lowest BCUT2D eigenvalue weighted by Crippen LogP contribution is -1.94. The van der Waals surface area contributed by atoms with Crippen LogP contribution in [0, 0.1) is 0 Å². The van der Waals surface area contributed by atoms with Crippen molar-refractivity contribution >= 4 is 16.6 Å². The van der Waals surface area contributed by atoms with Gasteiger partial charge in [0.05, 0.1) is 5.52 Å². The summed E-state index contributed by atoms with van der Waals surface area (Å²) in [7, 11) is 2.05. The second-order valence-corrected chi connectivity index (χ2v) is 4.12. The van der Waals surface area contributed by atoms with Crippen molar-refractivity contribution in [3.63, 3.8) is 0 Å². The van der Waals surface area contributed by atoms with E-state index in [0.29, 0.717) is 5.92 Å². The molecular weight excluding hydrogens is 172 g/mol. The van der Waals surface area contributed by atoms with E-state index in [1.165, 1.54) is 16.5 Å². The topological polar surface area (TPSA) is 30.9 Å². The highest BCUT2D eigenvalue weighted by Gasteiger charge is 2.08. The molecule has 0 aliphatic carbocycles. The van der Waals surface area contributed by atoms with Gasteiger partial charge in [0.1, 0.15) is 0 Å². The predicted octanol–water partition coefficient (Wildman–Crippen LogP) is 2.88. The van der Waals surface area contributed by atoms with Gasteiger partial charge in [-0.3, -0.25) is 0 Å². The third kappa shape index (κ3) is 1.27. The monoisotopic (exact) mass is 188 g/mol. The van der Waals surface area contributed by atoms with Crippen LogP contribution in [-0.4, -0.2) is 4.57 Å². The zero-order valence-electron chi connectivity index (χ0n) is 8.91. The van der Waals surface area contributed by atoms with Gasteiger partial charge >= 0.3 is 0 Å². The van der Waals surface area contributed by atoms with Gasteiger partial charge in [0.2, 0.25) is 0 Å². The summed E-state index contributed by atoms with van der Waals surface area (Å²) in [6.07, 6.45) is 2.08. The zero-order chi connectivity index (χ0) is 10.3. The molecule has 14 heavy (non-hydrogen) atoms. The predicted molar refractivity (Wildman–Crippen MR) is 61.4 cm³/mol. The minimum absolute atomic E-state index is 0.517. The molecule has 0 spiro atoms. The summed E-state index contributed by atoms with van der Waals surface area (Å²) in [5, 5.41) is 1.32. The number of nitrogen functional groups attached to an aromatic ring is 1. The number of hydrogen-bond donors (Lipinski definition) is 1. The van der Waals surface area contributed by atoms with Crippen molar-refractivity contribution in [1.29, 1.82) is 0 Å². The maximum absolute atomic E-state index is 5.88. The van der Waals surface area contributed by atoms with Crippen molar-refractivity contribution in [1.82, 2.24) is 4.57 Å². The Morgan fingerprint density at radius 1 is 1.29 bits per heavy atom. The van der Waals surface area contributed by atoms with Crippen LogP contribution >= 0.6 is 0 Å². The summed E-state index contributed by atoms with van der Waals surface area (Å²) >= 11 is 0. The first-order chi connectivity index (χ1) is 6.59. The molecule has 74 valence electrons. The van der Waals surface area contributed by atoms with Crippen molar-refractivity contribution in [3.05, 3.63) is 30.0 Å². The van der Waals surface area contributed by atoms with Crippen LogP contribution in [0.25, 0.3) is 10.9 Å². The Balaban J connectivity index is 2.82. The number of aromatic nitrogens is 1. The molecule has 0 aliphatic rings. The summed E-state index contributed by atoms with van der Waals surface area (Å²) < 4.78 is 2.11. The number of fused-ring (bicyclic) bond motifs is 1. The Morgan fingerprint density at radius 2 is 2.00 bits per heavy atom. The number of aryl methyl sites for hydroxylation is 1. The quantitative estimate of drug-likeness (QED) is 0.685. The molecule has 1 aromatic heterocycles. The molecule has 0 radical (unpaired) electrons. The van der Waals surface area contributed by atoms with Gasteiger partial charge in [-0.1, -0.05) is 13.8 Å². The van der Waals surface area contributed by atoms with Crippen molar-refractivity contribution in [2.75, 3.05) is 5.73 Å². The number of benzene rings is 1. The van der Waals surface area contributed by atoms with Gasteiger partial charge in [-0.05, 0) is 29.7 Å². The smallest absolute Gasteiger partial charge is 0.0501 e. The Bertz CT molecular complexity index is 466. The number of rotatable bonds is 1. The fourth-order valence-electron chi connectivity index (χ4n) is 1.90. The second-order valence-electron chi connectivity index (χ2n) is 4.12. The van der Waals surface area contributed by atoms with Crippen molar-refractivity contribution in [2.45, 2.75) is 19.8 Å². The van der Waals surface area contributed by atoms with Gasteiger partial charge in [0, 0.05) is 24.3 Å². The minimum atomic E-state index is 0.517. The highest BCUT2D eigenvalue weighted by Crippen LogP contribution is 2.28. The summed E-state index contributed by atoms with van der Waals surface area (Å²) in [5.41, 5.74) is 9.28. The van der Waals surface area contributed by atoms with Crippen molar-refractivity contribution in [2.24, 2.45) is 7.05 Å². The molecule has 0 unspecified atom stereocenters. The Labute approximate surface area is 84.3 Å². The largest absolute Gasteiger partial charge is 0.399 e. The van der Waals surface area contributed by atoms with Crippen LogP contribution in [0.5, 0.6) is 0 Å². The van der Waals surface area contributed by atoms with E-state index in [-0.39, 0.29) is 0 Å². The number of nitrogens with two attached hydrogens (primary N) is 1. The van der Waals surface area contributed by atoms with E-state index in [0.717, 1.165) is 5.69 Å². The van der Waals surface area contributed by atoms with E-state index in [1.807, 2.05) is 13.1 Å². The van der Waals surface area contributed by atoms with E-state index in [9.17, 15) is 0 Å². The molecular formula is C12H16N2. The summed E-state index contributed by atoms with van der Waals surface area (Å²) in [6.45, 7) is 4.39. The SMILES string of the molecule is CC(C)c1cc(N)cc2c1ccn2C. The van der Waals surface area contributed by atoms with Gasteiger partial charge in [0.25, 0.3) is 0 Å². The second kappa shape index (κ2) is 3.05. The number of nitrogens with zero attached hydrogens (tertiary/aromatic N) is 1. The number of hydrogen-bond acceptors (Lipinski definition) is 1. The summed E-state index contributed by atoms with van der Waals surface area (Å²) in [4.78, 5) is 0. The molecule has 0 aliphatic heterocycles. The van der Waals surface area contributed by atoms with Crippen LogP contribution in [0.4, 0.5) is 5.69 Å². The molecule has 0 fully saturated rings. The molecule has 0 amide bonds. The summed E-state index contributed by atoms with van der Waals surface area (Å²) in [6, 6.07) is 6.26. The van der Waals surface area contributed by atoms with Gasteiger partial charge in [0.15, 0.2) is 0 Å². The highest BCUT2D eigenvalue weighted by atomic mass is 14.9. The van der Waals surface area contributed by atoms with Gasteiger partial charge < -0.3 is 10.3 Å². The lowest BCUT2D eigenvalue weighted by molar-refractivity contribution is 0.876. The van der Waals surface area contributed by atoms with E-state index < -0.39 is 0 Å². The van der Waals surface area contributed by atoms with Gasteiger partial charge in [-0.15, -0.1) is 0 Å². The first kappa shape index (κ1) is 9.13. The maximum Gasteiger partial charge on any atom is 0.0501 e. The minimum Gasteiger partial charge on any atom is -0.399 e. The van der Waals surface area contributed by atoms with Gasteiger partial charge in [-0.2, -0.15) is 0 Å². The summed E-state index contributed by atoms with van der Waals surface area (Å²) in [5.74, 6) is 0.517. The third-order valence-electron chi connectivity index (χ3n) is 2.68. The molecule has 1 heterocycles. The molecule has 0 atom stereocenters. The van der Waals surface area contributed by atoms with E-state index in [1.54, 1.807) is 0 Å². The number of anilines is 1. The Kier molecular flexibility index (Phi) is 1.99. The molecule has 0 saturated carbocycles. The third-order valence-corrected chi connectivity index (χ3v) is 2.68. The van der Waals surface area contributed by atoms with Crippen LogP contribution in [0.15, 0.2) is 24.4 Å². The van der Waals surface area contributed by atoms with Crippen LogP contribution in [0.2, 0.25) is 0 Å². The first-order valence-electron chi connectivity index (χ1n) is 4.94. The molecule has 2 nitrogen and oxygen atoms in total. The molecule has 0 saturated heterocycles. The average molecular weight is 188 g/mol. The standard InChI is InChI=1S/C12H16N2/c1-8(2)11-6-9(13)7-12-10(11)4-5-14(12)3/h4-8H,13H2,1-3H3. The lowest BCUT2D eigenvalue weighted by atomic mass is 9.99. The van der Waals surface area contributed by atoms with Crippen LogP contribution < -0.4 is 5.73 Å². The van der Waals surface area contributed by atoms with Crippen LogP contribution in [-0.2, 0) is 7.05 Å². The maximum atomic E-state index is 5.88. The van der Waals surface area contributed by atoms with Crippen LogP contribution in [0.1, 0.15) is 25.3 Å². The average Bonchev–Trinajstić information content (AvgIpc) is 2.47. The fourth-order valence-corrected chi connectivity index (χ4v) is 1.90. The molecule has 2 N–H and O–H groups in total. The van der Waals surface area contributed by atoms with Gasteiger partial charge in [-0.25, -0.2) is 0 Å². The lowest BCUT2D eigenvalue weighted by Gasteiger charge is -2.09. The molecule has 2 aromatic rings. The highest BCUT2D eigenvalue weighted by molar-refractivity contribution is 5.87. The molecule has 1 aromatic carbocycles. The van der Waals surface area contributed by atoms with E-state index in [4.69, 9.17) is 5.73 Å². The van der Waals surface area contributed by atoms with E-state index in [2.05, 4.69) is 36.7 Å². The molecule has 0 bridgehead atoms. The normalized spacial score (nSPS) is 11.4. The fraction of sp³-hybridized carbons (Fsp3) is 0.333. The molecule has 2 rings (SSSR count). The Hall–Kier alpha value is -1.44. The zero-order valence-corrected chi connectivity index (χ0v) is 8.91. The molecule has 2 heteroatoms. The van der Waals surface area contributed by atoms with Crippen molar-refractivity contribution < 1.29 is 0 Å². The Morgan fingerprint density at radius 3 is 2.64 bits per heavy atom.